The summed E-state index contributed by atoms with van der Waals surface area (Å²) in [6.07, 6.45) is 3.03. The Bertz CT molecular complexity index is 767. The SMILES string of the molecule is NCc1cc(F)ccc1Cn1cnc2c(N)ncnc21. The number of halogens is 1. The van der Waals surface area contributed by atoms with Crippen LogP contribution in [-0.2, 0) is 13.1 Å². The second kappa shape index (κ2) is 4.86. The molecule has 0 radical (unpaired) electrons. The van der Waals surface area contributed by atoms with Gasteiger partial charge in [0.2, 0.25) is 0 Å². The number of nitrogen functional groups attached to an aromatic ring is 1. The highest BCUT2D eigenvalue weighted by atomic mass is 19.1. The molecule has 0 amide bonds. The van der Waals surface area contributed by atoms with Crippen LogP contribution in [-0.4, -0.2) is 19.5 Å². The van der Waals surface area contributed by atoms with E-state index in [1.54, 1.807) is 12.4 Å². The van der Waals surface area contributed by atoms with Crippen molar-refractivity contribution in [3.8, 4) is 0 Å². The highest BCUT2D eigenvalue weighted by Gasteiger charge is 2.10. The van der Waals surface area contributed by atoms with Gasteiger partial charge < -0.3 is 16.0 Å². The minimum atomic E-state index is -0.295. The third-order valence-electron chi connectivity index (χ3n) is 3.16. The normalized spacial score (nSPS) is 11.1. The van der Waals surface area contributed by atoms with Crippen molar-refractivity contribution < 1.29 is 4.39 Å². The third-order valence-corrected chi connectivity index (χ3v) is 3.16. The first kappa shape index (κ1) is 12.5. The Kier molecular flexibility index (Phi) is 3.03. The summed E-state index contributed by atoms with van der Waals surface area (Å²) >= 11 is 0. The van der Waals surface area contributed by atoms with Gasteiger partial charge in [-0.1, -0.05) is 6.07 Å². The third kappa shape index (κ3) is 2.08. The van der Waals surface area contributed by atoms with Crippen LogP contribution in [0.3, 0.4) is 0 Å². The molecule has 102 valence electrons. The lowest BCUT2D eigenvalue weighted by Crippen LogP contribution is -2.07. The average molecular weight is 272 g/mol. The molecule has 1 aromatic carbocycles. The van der Waals surface area contributed by atoms with Gasteiger partial charge in [0, 0.05) is 6.54 Å². The van der Waals surface area contributed by atoms with E-state index in [2.05, 4.69) is 15.0 Å². The van der Waals surface area contributed by atoms with Gasteiger partial charge in [-0.15, -0.1) is 0 Å². The van der Waals surface area contributed by atoms with E-state index in [0.717, 1.165) is 11.1 Å². The molecule has 6 nitrogen and oxygen atoms in total. The molecule has 0 saturated heterocycles. The molecule has 0 aliphatic carbocycles. The molecule has 2 heterocycles. The van der Waals surface area contributed by atoms with Crippen LogP contribution in [0.1, 0.15) is 11.1 Å². The first-order valence-corrected chi connectivity index (χ1v) is 6.07. The quantitative estimate of drug-likeness (QED) is 0.743. The number of hydrogen-bond donors (Lipinski definition) is 2. The van der Waals surface area contributed by atoms with Gasteiger partial charge in [-0.25, -0.2) is 19.3 Å². The van der Waals surface area contributed by atoms with E-state index in [4.69, 9.17) is 11.5 Å². The van der Waals surface area contributed by atoms with E-state index in [1.165, 1.54) is 18.5 Å². The lowest BCUT2D eigenvalue weighted by Gasteiger charge is -2.09. The maximum atomic E-state index is 13.2. The van der Waals surface area contributed by atoms with Gasteiger partial charge in [0.05, 0.1) is 12.9 Å². The fraction of sp³-hybridized carbons (Fsp3) is 0.154. The largest absolute Gasteiger partial charge is 0.382 e. The molecule has 4 N–H and O–H groups in total. The zero-order valence-corrected chi connectivity index (χ0v) is 10.6. The Labute approximate surface area is 114 Å². The lowest BCUT2D eigenvalue weighted by molar-refractivity contribution is 0.623. The minimum absolute atomic E-state index is 0.275. The molecule has 3 aromatic rings. The number of benzene rings is 1. The predicted molar refractivity (Wildman–Crippen MR) is 73.1 cm³/mol. The molecular formula is C13H13FN6. The Morgan fingerprint density at radius 3 is 2.80 bits per heavy atom. The lowest BCUT2D eigenvalue weighted by atomic mass is 10.1. The van der Waals surface area contributed by atoms with Gasteiger partial charge in [0.25, 0.3) is 0 Å². The first-order chi connectivity index (χ1) is 9.69. The summed E-state index contributed by atoms with van der Waals surface area (Å²) in [7, 11) is 0. The van der Waals surface area contributed by atoms with Crippen molar-refractivity contribution in [2.75, 3.05) is 5.73 Å². The second-order valence-corrected chi connectivity index (χ2v) is 4.42. The van der Waals surface area contributed by atoms with E-state index in [9.17, 15) is 4.39 Å². The molecule has 0 aliphatic rings. The number of hydrogen-bond acceptors (Lipinski definition) is 5. The van der Waals surface area contributed by atoms with E-state index in [-0.39, 0.29) is 12.4 Å². The molecule has 0 fully saturated rings. The van der Waals surface area contributed by atoms with Crippen molar-refractivity contribution in [2.45, 2.75) is 13.1 Å². The van der Waals surface area contributed by atoms with Crippen molar-refractivity contribution in [3.63, 3.8) is 0 Å². The van der Waals surface area contributed by atoms with Crippen LogP contribution in [0.5, 0.6) is 0 Å². The van der Waals surface area contributed by atoms with Crippen LogP contribution >= 0.6 is 0 Å². The number of anilines is 1. The second-order valence-electron chi connectivity index (χ2n) is 4.42. The van der Waals surface area contributed by atoms with Gasteiger partial charge in [-0.2, -0.15) is 0 Å². The summed E-state index contributed by atoms with van der Waals surface area (Å²) in [6, 6.07) is 4.57. The average Bonchev–Trinajstić information content (AvgIpc) is 2.85. The Morgan fingerprint density at radius 2 is 2.00 bits per heavy atom. The monoisotopic (exact) mass is 272 g/mol. The molecule has 0 aliphatic heterocycles. The van der Waals surface area contributed by atoms with Crippen LogP contribution in [0, 0.1) is 5.82 Å². The zero-order chi connectivity index (χ0) is 14.1. The van der Waals surface area contributed by atoms with Crippen LogP contribution in [0.25, 0.3) is 11.2 Å². The number of nitrogens with two attached hydrogens (primary N) is 2. The van der Waals surface area contributed by atoms with Crippen molar-refractivity contribution in [1.82, 2.24) is 19.5 Å². The standard InChI is InChI=1S/C13H13FN6/c14-10-2-1-8(9(3-10)4-15)5-20-7-19-11-12(16)17-6-18-13(11)20/h1-3,6-7H,4-5,15H2,(H2,16,17,18). The van der Waals surface area contributed by atoms with Gasteiger partial charge in [0.15, 0.2) is 11.5 Å². The molecule has 0 spiro atoms. The van der Waals surface area contributed by atoms with Gasteiger partial charge >= 0.3 is 0 Å². The van der Waals surface area contributed by atoms with Crippen molar-refractivity contribution in [2.24, 2.45) is 5.73 Å². The molecule has 7 heteroatoms. The van der Waals surface area contributed by atoms with E-state index in [0.29, 0.717) is 23.5 Å². The summed E-state index contributed by atoms with van der Waals surface area (Å²) in [5, 5.41) is 0. The highest BCUT2D eigenvalue weighted by Crippen LogP contribution is 2.18. The van der Waals surface area contributed by atoms with Crippen molar-refractivity contribution in [3.05, 3.63) is 47.8 Å². The number of aromatic nitrogens is 4. The summed E-state index contributed by atoms with van der Waals surface area (Å²) in [4.78, 5) is 12.3. The molecule has 0 unspecified atom stereocenters. The predicted octanol–water partition coefficient (Wildman–Crippen LogP) is 1.05. The molecule has 0 saturated carbocycles. The fourth-order valence-corrected chi connectivity index (χ4v) is 2.14. The molecule has 20 heavy (non-hydrogen) atoms. The van der Waals surface area contributed by atoms with Gasteiger partial charge in [0.1, 0.15) is 17.7 Å². The molecule has 3 rings (SSSR count). The number of imidazole rings is 1. The highest BCUT2D eigenvalue weighted by molar-refractivity contribution is 5.81. The van der Waals surface area contributed by atoms with E-state index >= 15 is 0 Å². The maximum Gasteiger partial charge on any atom is 0.165 e. The van der Waals surface area contributed by atoms with E-state index < -0.39 is 0 Å². The first-order valence-electron chi connectivity index (χ1n) is 6.07. The molecule has 0 atom stereocenters. The van der Waals surface area contributed by atoms with Crippen molar-refractivity contribution >= 4 is 17.0 Å². The molecule has 0 bridgehead atoms. The van der Waals surface area contributed by atoms with Gasteiger partial charge in [-0.05, 0) is 23.3 Å². The fourth-order valence-electron chi connectivity index (χ4n) is 2.14. The number of fused-ring (bicyclic) bond motifs is 1. The number of nitrogens with zero attached hydrogens (tertiary/aromatic N) is 4. The Balaban J connectivity index is 2.04. The summed E-state index contributed by atoms with van der Waals surface area (Å²) < 4.78 is 15.0. The molecular weight excluding hydrogens is 259 g/mol. The van der Waals surface area contributed by atoms with Crippen LogP contribution < -0.4 is 11.5 Å². The van der Waals surface area contributed by atoms with Gasteiger partial charge in [-0.3, -0.25) is 0 Å². The van der Waals surface area contributed by atoms with Crippen LogP contribution in [0.15, 0.2) is 30.9 Å². The maximum absolute atomic E-state index is 13.2. The number of rotatable bonds is 3. The smallest absolute Gasteiger partial charge is 0.165 e. The van der Waals surface area contributed by atoms with Crippen molar-refractivity contribution in [1.29, 1.82) is 0 Å². The summed E-state index contributed by atoms with van der Waals surface area (Å²) in [5.41, 5.74) is 14.3. The Morgan fingerprint density at radius 1 is 1.15 bits per heavy atom. The summed E-state index contributed by atoms with van der Waals surface area (Å²) in [5.74, 6) is 0.0446. The minimum Gasteiger partial charge on any atom is -0.382 e. The van der Waals surface area contributed by atoms with Crippen LogP contribution in [0.4, 0.5) is 10.2 Å². The van der Waals surface area contributed by atoms with E-state index in [1.807, 2.05) is 4.57 Å². The topological polar surface area (TPSA) is 95.6 Å². The Hall–Kier alpha value is -2.54. The zero-order valence-electron chi connectivity index (χ0n) is 10.6. The molecule has 2 aromatic heterocycles. The van der Waals surface area contributed by atoms with Crippen LogP contribution in [0.2, 0.25) is 0 Å². The summed E-state index contributed by atoms with van der Waals surface area (Å²) in [6.45, 7) is 0.774.